The summed E-state index contributed by atoms with van der Waals surface area (Å²) >= 11 is 6.18. The second-order valence-corrected chi connectivity index (χ2v) is 4.98. The highest BCUT2D eigenvalue weighted by Gasteiger charge is 2.21. The van der Waals surface area contributed by atoms with Gasteiger partial charge >= 0.3 is 11.9 Å². The van der Waals surface area contributed by atoms with E-state index in [4.69, 9.17) is 30.5 Å². The Balaban J connectivity index is 2.93. The van der Waals surface area contributed by atoms with Gasteiger partial charge in [-0.15, -0.1) is 0 Å². The van der Waals surface area contributed by atoms with Gasteiger partial charge in [0, 0.05) is 18.4 Å². The van der Waals surface area contributed by atoms with Crippen LogP contribution in [0.1, 0.15) is 17.3 Å². The third-order valence-corrected chi connectivity index (χ3v) is 3.45. The van der Waals surface area contributed by atoms with Crippen molar-refractivity contribution in [1.82, 2.24) is 0 Å². The second kappa shape index (κ2) is 6.75. The van der Waals surface area contributed by atoms with Gasteiger partial charge in [0.15, 0.2) is 0 Å². The van der Waals surface area contributed by atoms with Crippen LogP contribution in [0, 0.1) is 0 Å². The minimum Gasteiger partial charge on any atom is -0.496 e. The Hall–Kier alpha value is -2.47. The maximum absolute atomic E-state index is 11.9. The van der Waals surface area contributed by atoms with Gasteiger partial charge in [0.2, 0.25) is 0 Å². The summed E-state index contributed by atoms with van der Waals surface area (Å²) < 4.78 is 20.6. The second-order valence-electron chi connectivity index (χ2n) is 4.58. The largest absolute Gasteiger partial charge is 0.496 e. The highest BCUT2D eigenvalue weighted by molar-refractivity contribution is 6.34. The number of fused-ring (bicyclic) bond motifs is 1. The van der Waals surface area contributed by atoms with Crippen LogP contribution >= 0.6 is 11.6 Å². The molecule has 0 saturated carbocycles. The Labute approximate surface area is 137 Å². The standard InChI is InChI=1S/C16H15ClO6/c1-8(18)23-13-6-9(16(19)22-4)5-10-14(13)12(20-2)7-11(17)15(10)21-3/h5-7H,1-4H3. The number of esters is 2. The zero-order chi connectivity index (χ0) is 17.1. The molecule has 0 aliphatic carbocycles. The van der Waals surface area contributed by atoms with Crippen LogP contribution in [0.2, 0.25) is 5.02 Å². The number of hydrogen-bond acceptors (Lipinski definition) is 6. The Bertz CT molecular complexity index is 784. The lowest BCUT2D eigenvalue weighted by atomic mass is 10.0. The Morgan fingerprint density at radius 3 is 2.22 bits per heavy atom. The average molecular weight is 339 g/mol. The summed E-state index contributed by atoms with van der Waals surface area (Å²) in [5.41, 5.74) is 0.193. The van der Waals surface area contributed by atoms with E-state index in [1.165, 1.54) is 34.3 Å². The van der Waals surface area contributed by atoms with Crippen molar-refractivity contribution in [3.63, 3.8) is 0 Å². The molecule has 0 aromatic heterocycles. The van der Waals surface area contributed by atoms with Crippen molar-refractivity contribution >= 4 is 34.3 Å². The molecule has 0 aliphatic rings. The van der Waals surface area contributed by atoms with E-state index >= 15 is 0 Å². The van der Waals surface area contributed by atoms with Crippen LogP contribution in [-0.2, 0) is 9.53 Å². The van der Waals surface area contributed by atoms with Gasteiger partial charge in [0.1, 0.15) is 17.2 Å². The molecule has 0 amide bonds. The highest BCUT2D eigenvalue weighted by Crippen LogP contribution is 2.44. The van der Waals surface area contributed by atoms with Crippen molar-refractivity contribution in [1.29, 1.82) is 0 Å². The van der Waals surface area contributed by atoms with Crippen LogP contribution in [0.25, 0.3) is 10.8 Å². The van der Waals surface area contributed by atoms with E-state index in [-0.39, 0.29) is 11.3 Å². The SMILES string of the molecule is COC(=O)c1cc(OC(C)=O)c2c(OC)cc(Cl)c(OC)c2c1. The van der Waals surface area contributed by atoms with Gasteiger partial charge in [-0.2, -0.15) is 0 Å². The average Bonchev–Trinajstić information content (AvgIpc) is 2.52. The van der Waals surface area contributed by atoms with Crippen LogP contribution in [0.4, 0.5) is 0 Å². The van der Waals surface area contributed by atoms with Crippen molar-refractivity contribution in [3.8, 4) is 17.2 Å². The number of hydrogen-bond donors (Lipinski definition) is 0. The molecule has 7 heteroatoms. The molecule has 0 heterocycles. The lowest BCUT2D eigenvalue weighted by Gasteiger charge is -2.16. The molecule has 2 rings (SSSR count). The zero-order valence-electron chi connectivity index (χ0n) is 13.1. The van der Waals surface area contributed by atoms with E-state index in [0.29, 0.717) is 27.3 Å². The van der Waals surface area contributed by atoms with Crippen molar-refractivity contribution in [2.45, 2.75) is 6.92 Å². The fraction of sp³-hybridized carbons (Fsp3) is 0.250. The van der Waals surface area contributed by atoms with Crippen molar-refractivity contribution in [3.05, 3.63) is 28.8 Å². The molecule has 0 bridgehead atoms. The Morgan fingerprint density at radius 1 is 1.00 bits per heavy atom. The molecule has 0 spiro atoms. The molecular weight excluding hydrogens is 324 g/mol. The summed E-state index contributed by atoms with van der Waals surface area (Å²) in [6.07, 6.45) is 0. The van der Waals surface area contributed by atoms with Gasteiger partial charge in [-0.25, -0.2) is 4.79 Å². The topological polar surface area (TPSA) is 71.1 Å². The van der Waals surface area contributed by atoms with Crippen LogP contribution in [0.15, 0.2) is 18.2 Å². The molecule has 23 heavy (non-hydrogen) atoms. The van der Waals surface area contributed by atoms with Gasteiger partial charge in [-0.3, -0.25) is 4.79 Å². The molecule has 0 aliphatic heterocycles. The van der Waals surface area contributed by atoms with Crippen LogP contribution < -0.4 is 14.2 Å². The summed E-state index contributed by atoms with van der Waals surface area (Å²) in [6, 6.07) is 4.50. The van der Waals surface area contributed by atoms with Gasteiger partial charge < -0.3 is 18.9 Å². The fourth-order valence-corrected chi connectivity index (χ4v) is 2.55. The van der Waals surface area contributed by atoms with Crippen molar-refractivity contribution < 1.29 is 28.5 Å². The Kier molecular flexibility index (Phi) is 4.95. The quantitative estimate of drug-likeness (QED) is 0.629. The fourth-order valence-electron chi connectivity index (χ4n) is 2.27. The zero-order valence-corrected chi connectivity index (χ0v) is 13.8. The van der Waals surface area contributed by atoms with E-state index in [0.717, 1.165) is 0 Å². The first-order valence-corrected chi connectivity index (χ1v) is 6.95. The van der Waals surface area contributed by atoms with E-state index in [1.54, 1.807) is 12.1 Å². The maximum atomic E-state index is 11.9. The summed E-state index contributed by atoms with van der Waals surface area (Å²) in [5.74, 6) is -0.243. The van der Waals surface area contributed by atoms with Crippen molar-refractivity contribution in [2.75, 3.05) is 21.3 Å². The molecule has 6 nitrogen and oxygen atoms in total. The van der Waals surface area contributed by atoms with Crippen LogP contribution in [-0.4, -0.2) is 33.3 Å². The lowest BCUT2D eigenvalue weighted by Crippen LogP contribution is -2.06. The monoisotopic (exact) mass is 338 g/mol. The third-order valence-electron chi connectivity index (χ3n) is 3.17. The number of carbonyl (C=O) groups excluding carboxylic acids is 2. The van der Waals surface area contributed by atoms with Gasteiger partial charge in [-0.05, 0) is 12.1 Å². The van der Waals surface area contributed by atoms with E-state index in [1.807, 2.05) is 0 Å². The first kappa shape index (κ1) is 16.9. The molecule has 0 unspecified atom stereocenters. The summed E-state index contributed by atoms with van der Waals surface area (Å²) in [4.78, 5) is 23.3. The molecule has 0 fully saturated rings. The Morgan fingerprint density at radius 2 is 1.70 bits per heavy atom. The molecule has 2 aromatic rings. The molecule has 0 saturated heterocycles. The molecule has 122 valence electrons. The number of methoxy groups -OCH3 is 3. The summed E-state index contributed by atoms with van der Waals surface area (Å²) in [7, 11) is 4.17. The third kappa shape index (κ3) is 3.17. The number of halogens is 1. The number of benzene rings is 2. The smallest absolute Gasteiger partial charge is 0.338 e. The minimum atomic E-state index is -0.582. The molecular formula is C16H15ClO6. The molecule has 2 aromatic carbocycles. The first-order valence-electron chi connectivity index (χ1n) is 6.57. The summed E-state index contributed by atoms with van der Waals surface area (Å²) in [5, 5.41) is 1.24. The van der Waals surface area contributed by atoms with E-state index in [9.17, 15) is 9.59 Å². The maximum Gasteiger partial charge on any atom is 0.338 e. The molecule has 0 radical (unpaired) electrons. The van der Waals surface area contributed by atoms with Gasteiger partial charge in [0.25, 0.3) is 0 Å². The predicted octanol–water partition coefficient (Wildman–Crippen LogP) is 3.22. The predicted molar refractivity (Wildman–Crippen MR) is 84.7 cm³/mol. The molecule has 0 atom stereocenters. The lowest BCUT2D eigenvalue weighted by molar-refractivity contribution is -0.131. The van der Waals surface area contributed by atoms with Crippen molar-refractivity contribution in [2.24, 2.45) is 0 Å². The number of rotatable bonds is 4. The molecule has 0 N–H and O–H groups in total. The number of ether oxygens (including phenoxy) is 4. The summed E-state index contributed by atoms with van der Waals surface area (Å²) in [6.45, 7) is 1.26. The van der Waals surface area contributed by atoms with E-state index < -0.39 is 11.9 Å². The normalized spacial score (nSPS) is 10.3. The minimum absolute atomic E-state index is 0.155. The van der Waals surface area contributed by atoms with Crippen LogP contribution in [0.3, 0.4) is 0 Å². The van der Waals surface area contributed by atoms with E-state index in [2.05, 4.69) is 0 Å². The highest BCUT2D eigenvalue weighted by atomic mass is 35.5. The van der Waals surface area contributed by atoms with Crippen LogP contribution in [0.5, 0.6) is 17.2 Å². The number of carbonyl (C=O) groups is 2. The van der Waals surface area contributed by atoms with Gasteiger partial charge in [-0.1, -0.05) is 11.6 Å². The first-order chi connectivity index (χ1) is 10.9. The van der Waals surface area contributed by atoms with Gasteiger partial charge in [0.05, 0.1) is 37.3 Å².